The van der Waals surface area contributed by atoms with E-state index < -0.39 is 5.91 Å². The third kappa shape index (κ3) is 3.35. The van der Waals surface area contributed by atoms with Gasteiger partial charge in [0.05, 0.1) is 25.5 Å². The molecule has 1 aliphatic rings. The van der Waals surface area contributed by atoms with Crippen LogP contribution in [0.1, 0.15) is 29.8 Å². The molecule has 0 aliphatic carbocycles. The summed E-state index contributed by atoms with van der Waals surface area (Å²) in [6.45, 7) is 0.536. The van der Waals surface area contributed by atoms with Gasteiger partial charge in [-0.25, -0.2) is 0 Å². The van der Waals surface area contributed by atoms with Gasteiger partial charge in [0.2, 0.25) is 5.91 Å². The fraction of sp³-hybridized carbons (Fsp3) is 0.538. The fourth-order valence-corrected chi connectivity index (χ4v) is 2.27. The van der Waals surface area contributed by atoms with Gasteiger partial charge in [0.15, 0.2) is 5.76 Å². The smallest absolute Gasteiger partial charge is 0.287 e. The van der Waals surface area contributed by atoms with E-state index in [4.69, 9.17) is 4.42 Å². The fourth-order valence-electron chi connectivity index (χ4n) is 2.27. The molecule has 2 heterocycles. The van der Waals surface area contributed by atoms with Crippen molar-refractivity contribution in [1.29, 1.82) is 0 Å². The molecule has 2 amide bonds. The molecule has 104 valence electrons. The summed E-state index contributed by atoms with van der Waals surface area (Å²) in [5.41, 5.74) is 0. The van der Waals surface area contributed by atoms with Crippen LogP contribution >= 0.6 is 0 Å². The second kappa shape index (κ2) is 6.38. The Kier molecular flexibility index (Phi) is 4.57. The molecule has 19 heavy (non-hydrogen) atoms. The first kappa shape index (κ1) is 13.6. The molecule has 2 rings (SSSR count). The summed E-state index contributed by atoms with van der Waals surface area (Å²) in [6, 6.07) is 3.03. The Morgan fingerprint density at radius 2 is 2.32 bits per heavy atom. The SMILES string of the molecule is O=C(NCC(=O)N1CCCCC1CO)c1ccco1. The first-order valence-corrected chi connectivity index (χ1v) is 6.44. The van der Waals surface area contributed by atoms with Gasteiger partial charge in [-0.15, -0.1) is 0 Å². The summed E-state index contributed by atoms with van der Waals surface area (Å²) in [5, 5.41) is 11.8. The molecule has 0 saturated carbocycles. The minimum atomic E-state index is -0.407. The van der Waals surface area contributed by atoms with Crippen LogP contribution in [0.15, 0.2) is 22.8 Å². The van der Waals surface area contributed by atoms with Crippen molar-refractivity contribution in [3.63, 3.8) is 0 Å². The molecular weight excluding hydrogens is 248 g/mol. The molecule has 1 unspecified atom stereocenters. The lowest BCUT2D eigenvalue weighted by Gasteiger charge is -2.34. The van der Waals surface area contributed by atoms with Crippen molar-refractivity contribution in [1.82, 2.24) is 10.2 Å². The molecular formula is C13H18N2O4. The van der Waals surface area contributed by atoms with E-state index in [-0.39, 0.29) is 30.9 Å². The Morgan fingerprint density at radius 3 is 3.00 bits per heavy atom. The summed E-state index contributed by atoms with van der Waals surface area (Å²) in [4.78, 5) is 25.3. The number of hydrogen-bond donors (Lipinski definition) is 2. The minimum Gasteiger partial charge on any atom is -0.459 e. The van der Waals surface area contributed by atoms with Crippen molar-refractivity contribution in [2.75, 3.05) is 19.7 Å². The van der Waals surface area contributed by atoms with Gasteiger partial charge in [0.25, 0.3) is 5.91 Å². The zero-order valence-electron chi connectivity index (χ0n) is 10.7. The van der Waals surface area contributed by atoms with E-state index >= 15 is 0 Å². The number of amides is 2. The number of carbonyl (C=O) groups excluding carboxylic acids is 2. The third-order valence-corrected chi connectivity index (χ3v) is 3.30. The monoisotopic (exact) mass is 266 g/mol. The van der Waals surface area contributed by atoms with Crippen LogP contribution in [0.5, 0.6) is 0 Å². The van der Waals surface area contributed by atoms with E-state index in [1.807, 2.05) is 0 Å². The Hall–Kier alpha value is -1.82. The number of nitrogens with zero attached hydrogens (tertiary/aromatic N) is 1. The Balaban J connectivity index is 1.85. The standard InChI is InChI=1S/C13H18N2O4/c16-9-10-4-1-2-6-15(10)12(17)8-14-13(18)11-5-3-7-19-11/h3,5,7,10,16H,1-2,4,6,8-9H2,(H,14,18). The lowest BCUT2D eigenvalue weighted by atomic mass is 10.0. The first-order chi connectivity index (χ1) is 9.22. The Morgan fingerprint density at radius 1 is 1.47 bits per heavy atom. The molecule has 0 spiro atoms. The maximum absolute atomic E-state index is 12.0. The molecule has 1 aromatic heterocycles. The van der Waals surface area contributed by atoms with E-state index in [2.05, 4.69) is 5.32 Å². The van der Waals surface area contributed by atoms with Gasteiger partial charge < -0.3 is 19.7 Å². The molecule has 1 aromatic rings. The minimum absolute atomic E-state index is 0.0299. The van der Waals surface area contributed by atoms with E-state index in [1.54, 1.807) is 11.0 Å². The summed E-state index contributed by atoms with van der Waals surface area (Å²) < 4.78 is 4.94. The number of furan rings is 1. The molecule has 2 N–H and O–H groups in total. The number of hydrogen-bond acceptors (Lipinski definition) is 4. The zero-order chi connectivity index (χ0) is 13.7. The Bertz CT molecular complexity index is 430. The number of rotatable bonds is 4. The molecule has 6 nitrogen and oxygen atoms in total. The normalized spacial score (nSPS) is 19.2. The molecule has 1 aliphatic heterocycles. The average Bonchev–Trinajstić information content (AvgIpc) is 2.98. The molecule has 1 atom stereocenters. The summed E-state index contributed by atoms with van der Waals surface area (Å²) in [7, 11) is 0. The van der Waals surface area contributed by atoms with Crippen molar-refractivity contribution < 1.29 is 19.1 Å². The summed E-state index contributed by atoms with van der Waals surface area (Å²) in [5.74, 6) is -0.389. The highest BCUT2D eigenvalue weighted by Crippen LogP contribution is 2.16. The van der Waals surface area contributed by atoms with E-state index in [0.29, 0.717) is 6.54 Å². The highest BCUT2D eigenvalue weighted by atomic mass is 16.3. The highest BCUT2D eigenvalue weighted by Gasteiger charge is 2.26. The van der Waals surface area contributed by atoms with Gasteiger partial charge in [-0.05, 0) is 31.4 Å². The molecule has 1 saturated heterocycles. The number of likely N-dealkylation sites (tertiary alicyclic amines) is 1. The molecule has 0 aromatic carbocycles. The van der Waals surface area contributed by atoms with Crippen LogP contribution in [-0.4, -0.2) is 47.6 Å². The van der Waals surface area contributed by atoms with Crippen LogP contribution in [0.3, 0.4) is 0 Å². The van der Waals surface area contributed by atoms with E-state index in [1.165, 1.54) is 12.3 Å². The number of aliphatic hydroxyl groups excluding tert-OH is 1. The van der Waals surface area contributed by atoms with Crippen LogP contribution in [0.4, 0.5) is 0 Å². The van der Waals surface area contributed by atoms with Crippen molar-refractivity contribution >= 4 is 11.8 Å². The van der Waals surface area contributed by atoms with Crippen molar-refractivity contribution in [2.24, 2.45) is 0 Å². The predicted octanol–water partition coefficient (Wildman–Crippen LogP) is 0.383. The van der Waals surface area contributed by atoms with Gasteiger partial charge in [-0.3, -0.25) is 9.59 Å². The van der Waals surface area contributed by atoms with Crippen LogP contribution in [0.25, 0.3) is 0 Å². The molecule has 6 heteroatoms. The van der Waals surface area contributed by atoms with Crippen LogP contribution in [-0.2, 0) is 4.79 Å². The van der Waals surface area contributed by atoms with Gasteiger partial charge in [-0.2, -0.15) is 0 Å². The van der Waals surface area contributed by atoms with Crippen molar-refractivity contribution in [3.05, 3.63) is 24.2 Å². The molecule has 0 radical (unpaired) electrons. The number of aliphatic hydroxyl groups is 1. The highest BCUT2D eigenvalue weighted by molar-refractivity contribution is 5.94. The van der Waals surface area contributed by atoms with E-state index in [9.17, 15) is 14.7 Å². The lowest BCUT2D eigenvalue weighted by molar-refractivity contribution is -0.134. The van der Waals surface area contributed by atoms with Crippen LogP contribution in [0.2, 0.25) is 0 Å². The summed E-state index contributed by atoms with van der Waals surface area (Å²) >= 11 is 0. The van der Waals surface area contributed by atoms with Crippen molar-refractivity contribution in [3.8, 4) is 0 Å². The number of nitrogens with one attached hydrogen (secondary N) is 1. The maximum Gasteiger partial charge on any atom is 0.287 e. The number of piperidine rings is 1. The number of carbonyl (C=O) groups is 2. The second-order valence-electron chi connectivity index (χ2n) is 4.58. The topological polar surface area (TPSA) is 82.8 Å². The predicted molar refractivity (Wildman–Crippen MR) is 67.5 cm³/mol. The van der Waals surface area contributed by atoms with Gasteiger partial charge in [0.1, 0.15) is 0 Å². The third-order valence-electron chi connectivity index (χ3n) is 3.30. The second-order valence-corrected chi connectivity index (χ2v) is 4.58. The average molecular weight is 266 g/mol. The summed E-state index contributed by atoms with van der Waals surface area (Å²) in [6.07, 6.45) is 4.18. The van der Waals surface area contributed by atoms with Gasteiger partial charge >= 0.3 is 0 Å². The van der Waals surface area contributed by atoms with Crippen LogP contribution in [0, 0.1) is 0 Å². The lowest BCUT2D eigenvalue weighted by Crippen LogP contribution is -2.49. The maximum atomic E-state index is 12.0. The quantitative estimate of drug-likeness (QED) is 0.825. The first-order valence-electron chi connectivity index (χ1n) is 6.44. The van der Waals surface area contributed by atoms with Gasteiger partial charge in [-0.1, -0.05) is 0 Å². The molecule has 0 bridgehead atoms. The Labute approximate surface area is 111 Å². The molecule has 1 fully saturated rings. The van der Waals surface area contributed by atoms with E-state index in [0.717, 1.165) is 19.3 Å². The van der Waals surface area contributed by atoms with Crippen molar-refractivity contribution in [2.45, 2.75) is 25.3 Å². The largest absolute Gasteiger partial charge is 0.459 e. The van der Waals surface area contributed by atoms with Gasteiger partial charge in [0, 0.05) is 6.54 Å². The zero-order valence-corrected chi connectivity index (χ0v) is 10.7. The van der Waals surface area contributed by atoms with Crippen LogP contribution < -0.4 is 5.32 Å².